The summed E-state index contributed by atoms with van der Waals surface area (Å²) >= 11 is 0. The third-order valence-electron chi connectivity index (χ3n) is 11.7. The summed E-state index contributed by atoms with van der Waals surface area (Å²) in [6, 6.07) is 8.77. The summed E-state index contributed by atoms with van der Waals surface area (Å²) in [7, 11) is 4.17. The van der Waals surface area contributed by atoms with Crippen molar-refractivity contribution in [3.63, 3.8) is 0 Å². The highest BCUT2D eigenvalue weighted by Gasteiger charge is 2.49. The molecule has 0 bridgehead atoms. The van der Waals surface area contributed by atoms with E-state index < -0.39 is 6.17 Å². The normalized spacial score (nSPS) is 25.0. The van der Waals surface area contributed by atoms with Crippen LogP contribution in [0.4, 0.5) is 15.9 Å². The van der Waals surface area contributed by atoms with Crippen molar-refractivity contribution in [2.24, 2.45) is 0 Å². The zero-order valence-electron chi connectivity index (χ0n) is 29.3. The number of alkyl halides is 1. The van der Waals surface area contributed by atoms with Gasteiger partial charge in [-0.05, 0) is 82.4 Å². The number of benzene rings is 1. The molecule has 0 unspecified atom stereocenters. The summed E-state index contributed by atoms with van der Waals surface area (Å²) in [5, 5.41) is 15.3. The second-order valence-corrected chi connectivity index (χ2v) is 15.0. The number of hydrogen-bond acceptors (Lipinski definition) is 11. The van der Waals surface area contributed by atoms with Crippen molar-refractivity contribution in [2.75, 3.05) is 70.8 Å². The first-order chi connectivity index (χ1) is 24.3. The largest absolute Gasteiger partial charge is 0.461 e. The molecule has 3 saturated heterocycles. The molecule has 0 amide bonds. The molecule has 1 aromatic carbocycles. The Morgan fingerprint density at radius 1 is 1.10 bits per heavy atom. The lowest BCUT2D eigenvalue weighted by Gasteiger charge is -2.45. The van der Waals surface area contributed by atoms with Gasteiger partial charge in [-0.15, -0.1) is 0 Å². The van der Waals surface area contributed by atoms with Crippen LogP contribution in [0.5, 0.6) is 6.01 Å². The molecule has 3 aromatic rings. The SMILES string of the molecule is CN(C)C1(c2cc3n(n2)CCCN(c2nc(OC[C@@]45CCCN4C[C@H](F)C5)nc4c2COCCCCc2ccc(N)c(C#N)c2C4)C3)COC1. The van der Waals surface area contributed by atoms with Crippen LogP contribution in [0.15, 0.2) is 18.2 Å². The van der Waals surface area contributed by atoms with Gasteiger partial charge in [-0.25, -0.2) is 4.39 Å². The van der Waals surface area contributed by atoms with Gasteiger partial charge in [-0.3, -0.25) is 14.5 Å². The number of nitrogen functional groups attached to an aromatic ring is 1. The van der Waals surface area contributed by atoms with E-state index in [1.807, 2.05) is 12.1 Å². The Kier molecular flexibility index (Phi) is 8.91. The smallest absolute Gasteiger partial charge is 0.318 e. The van der Waals surface area contributed by atoms with Gasteiger partial charge < -0.3 is 24.8 Å². The van der Waals surface area contributed by atoms with Crippen molar-refractivity contribution < 1.29 is 18.6 Å². The maximum atomic E-state index is 14.7. The predicted octanol–water partition coefficient (Wildman–Crippen LogP) is 3.72. The second-order valence-electron chi connectivity index (χ2n) is 15.0. The number of ether oxygens (including phenoxy) is 3. The molecule has 5 aliphatic heterocycles. The first kappa shape index (κ1) is 33.3. The molecule has 13 heteroatoms. The van der Waals surface area contributed by atoms with E-state index in [0.717, 1.165) is 97.7 Å². The Labute approximate surface area is 293 Å². The van der Waals surface area contributed by atoms with Crippen LogP contribution >= 0.6 is 0 Å². The van der Waals surface area contributed by atoms with Crippen molar-refractivity contribution in [1.29, 1.82) is 5.26 Å². The van der Waals surface area contributed by atoms with Crippen molar-refractivity contribution >= 4 is 11.5 Å². The number of aromatic nitrogens is 4. The van der Waals surface area contributed by atoms with Crippen LogP contribution < -0.4 is 15.4 Å². The average molecular weight is 686 g/mol. The van der Waals surface area contributed by atoms with Crippen molar-refractivity contribution in [3.8, 4) is 12.1 Å². The Morgan fingerprint density at radius 3 is 2.78 bits per heavy atom. The van der Waals surface area contributed by atoms with Gasteiger partial charge in [0, 0.05) is 50.3 Å². The zero-order chi connectivity index (χ0) is 34.5. The van der Waals surface area contributed by atoms with Gasteiger partial charge in [0.25, 0.3) is 0 Å². The summed E-state index contributed by atoms with van der Waals surface area (Å²) in [5.41, 5.74) is 12.6. The number of aryl methyl sites for hydroxylation is 2. The fraction of sp³-hybridized carbons (Fsp3) is 0.622. The fourth-order valence-corrected chi connectivity index (χ4v) is 8.70. The Hall–Kier alpha value is -3.83. The number of likely N-dealkylation sites (N-methyl/N-ethyl adjacent to an activating group) is 1. The van der Waals surface area contributed by atoms with E-state index in [-0.39, 0.29) is 17.1 Å². The molecule has 2 atom stereocenters. The first-order valence-corrected chi connectivity index (χ1v) is 18.2. The van der Waals surface area contributed by atoms with Crippen LogP contribution in [-0.2, 0) is 47.6 Å². The maximum absolute atomic E-state index is 14.7. The highest BCUT2D eigenvalue weighted by Crippen LogP contribution is 2.41. The quantitative estimate of drug-likeness (QED) is 0.381. The third-order valence-corrected chi connectivity index (χ3v) is 11.7. The lowest BCUT2D eigenvalue weighted by Crippen LogP contribution is -2.57. The highest BCUT2D eigenvalue weighted by molar-refractivity contribution is 5.62. The second kappa shape index (κ2) is 13.4. The molecule has 0 saturated carbocycles. The Morgan fingerprint density at radius 2 is 1.98 bits per heavy atom. The number of hydrogen-bond donors (Lipinski definition) is 1. The topological polar surface area (TPSA) is 131 Å². The molecule has 7 heterocycles. The van der Waals surface area contributed by atoms with Gasteiger partial charge in [0.15, 0.2) is 0 Å². The Bertz CT molecular complexity index is 1790. The molecule has 0 spiro atoms. The standard InChI is InChI=1S/C37H48FN9O3/c1-44(2)37(23-49-24-37)33-15-27-20-45(11-6-13-47(27)43-33)34-30-21-48-14-4-3-7-25-8-9-31(40)29(18-39)28(25)16-32(30)41-35(42-34)50-22-36-10-5-12-46(36)19-26(38)17-36/h8-9,15,26H,3-7,10-14,16-17,19-24,40H2,1-2H3/t26-,36+/m1/s1. The summed E-state index contributed by atoms with van der Waals surface area (Å²) in [6.07, 6.45) is 5.49. The number of rotatable bonds is 6. The van der Waals surface area contributed by atoms with Gasteiger partial charge in [-0.2, -0.15) is 20.3 Å². The van der Waals surface area contributed by atoms with E-state index in [2.05, 4.69) is 45.6 Å². The number of nitrogens with two attached hydrogens (primary N) is 1. The molecule has 50 heavy (non-hydrogen) atoms. The zero-order valence-corrected chi connectivity index (χ0v) is 29.3. The maximum Gasteiger partial charge on any atom is 0.318 e. The number of nitrogens with zero attached hydrogens (tertiary/aromatic N) is 8. The van der Waals surface area contributed by atoms with Gasteiger partial charge in [0.05, 0.1) is 54.5 Å². The number of anilines is 2. The molecular formula is C37H48FN9O3. The summed E-state index contributed by atoms with van der Waals surface area (Å²) in [6.45, 7) is 6.03. The van der Waals surface area contributed by atoms with Crippen LogP contribution in [0.25, 0.3) is 0 Å². The lowest BCUT2D eigenvalue weighted by molar-refractivity contribution is -0.132. The van der Waals surface area contributed by atoms with Crippen molar-refractivity contribution in [2.45, 2.75) is 88.3 Å². The number of fused-ring (bicyclic) bond motifs is 4. The molecule has 2 N–H and O–H groups in total. The van der Waals surface area contributed by atoms with E-state index in [0.29, 0.717) is 70.2 Å². The van der Waals surface area contributed by atoms with Crippen LogP contribution in [-0.4, -0.2) is 101 Å². The van der Waals surface area contributed by atoms with Crippen molar-refractivity contribution in [3.05, 3.63) is 57.5 Å². The Balaban J connectivity index is 1.20. The molecular weight excluding hydrogens is 637 g/mol. The van der Waals surface area contributed by atoms with Crippen LogP contribution in [0.1, 0.15) is 77.9 Å². The van der Waals surface area contributed by atoms with Gasteiger partial charge >= 0.3 is 6.01 Å². The minimum atomic E-state index is -0.851. The summed E-state index contributed by atoms with van der Waals surface area (Å²) < 4.78 is 35.4. The van der Waals surface area contributed by atoms with Crippen LogP contribution in [0.2, 0.25) is 0 Å². The first-order valence-electron chi connectivity index (χ1n) is 18.2. The van der Waals surface area contributed by atoms with Gasteiger partial charge in [0.1, 0.15) is 30.2 Å². The summed E-state index contributed by atoms with van der Waals surface area (Å²) in [5.74, 6) is 0.772. The minimum Gasteiger partial charge on any atom is -0.461 e. The van der Waals surface area contributed by atoms with Gasteiger partial charge in [-0.1, -0.05) is 6.07 Å². The molecule has 8 rings (SSSR count). The van der Waals surface area contributed by atoms with Crippen molar-refractivity contribution in [1.82, 2.24) is 29.5 Å². The number of nitriles is 1. The predicted molar refractivity (Wildman–Crippen MR) is 186 cm³/mol. The molecule has 266 valence electrons. The fourth-order valence-electron chi connectivity index (χ4n) is 8.70. The van der Waals surface area contributed by atoms with Crippen LogP contribution in [0.3, 0.4) is 0 Å². The van der Waals surface area contributed by atoms with E-state index >= 15 is 0 Å². The molecule has 5 aliphatic rings. The van der Waals surface area contributed by atoms with Crippen LogP contribution in [0, 0.1) is 11.3 Å². The molecule has 0 radical (unpaired) electrons. The third kappa shape index (κ3) is 5.89. The van der Waals surface area contributed by atoms with Gasteiger partial charge in [0.2, 0.25) is 0 Å². The van der Waals surface area contributed by atoms with E-state index in [1.54, 1.807) is 0 Å². The van der Waals surface area contributed by atoms with E-state index in [4.69, 9.17) is 35.0 Å². The minimum absolute atomic E-state index is 0.224. The highest BCUT2D eigenvalue weighted by atomic mass is 19.1. The lowest BCUT2D eigenvalue weighted by atomic mass is 9.91. The van der Waals surface area contributed by atoms with E-state index in [1.165, 1.54) is 0 Å². The molecule has 0 aliphatic carbocycles. The average Bonchev–Trinajstić information content (AvgIpc) is 3.68. The monoisotopic (exact) mass is 685 g/mol. The summed E-state index contributed by atoms with van der Waals surface area (Å²) in [4.78, 5) is 17.0. The molecule has 2 aromatic heterocycles. The number of halogens is 1. The molecule has 3 fully saturated rings. The molecule has 12 nitrogen and oxygen atoms in total. The van der Waals surface area contributed by atoms with E-state index in [9.17, 15) is 9.65 Å².